The Bertz CT molecular complexity index is 397. The second-order valence-electron chi connectivity index (χ2n) is 6.19. The van der Waals surface area contributed by atoms with Crippen LogP contribution in [0.4, 0.5) is 4.79 Å². The molecule has 0 saturated carbocycles. The van der Waals surface area contributed by atoms with E-state index in [1.807, 2.05) is 11.8 Å². The standard InChI is InChI=1S/C14H24N2O4/c1-4-15(11-9-20-8-10(11)12(17)18)13(19)16-7-5-6-14(16,2)3/h10-11H,4-9H2,1-3H3,(H,17,18). The van der Waals surface area contributed by atoms with Crippen molar-refractivity contribution in [2.45, 2.75) is 45.2 Å². The van der Waals surface area contributed by atoms with Gasteiger partial charge in [-0.3, -0.25) is 4.79 Å². The highest BCUT2D eigenvalue weighted by Gasteiger charge is 2.44. The smallest absolute Gasteiger partial charge is 0.320 e. The number of carboxylic acids is 1. The Labute approximate surface area is 119 Å². The zero-order valence-corrected chi connectivity index (χ0v) is 12.5. The van der Waals surface area contributed by atoms with Gasteiger partial charge >= 0.3 is 12.0 Å². The van der Waals surface area contributed by atoms with Crippen LogP contribution >= 0.6 is 0 Å². The van der Waals surface area contributed by atoms with E-state index in [9.17, 15) is 14.7 Å². The molecule has 2 amide bonds. The maximum atomic E-state index is 12.8. The molecule has 2 fully saturated rings. The van der Waals surface area contributed by atoms with Crippen LogP contribution in [0.2, 0.25) is 0 Å². The lowest BCUT2D eigenvalue weighted by Crippen LogP contribution is -2.55. The molecule has 2 heterocycles. The number of ether oxygens (including phenoxy) is 1. The zero-order chi connectivity index (χ0) is 14.9. The van der Waals surface area contributed by atoms with Gasteiger partial charge in [0.15, 0.2) is 0 Å². The summed E-state index contributed by atoms with van der Waals surface area (Å²) in [6.45, 7) is 7.75. The molecule has 0 aliphatic carbocycles. The number of rotatable bonds is 3. The van der Waals surface area contributed by atoms with Crippen LogP contribution in [0.1, 0.15) is 33.6 Å². The van der Waals surface area contributed by atoms with Crippen LogP contribution in [0.15, 0.2) is 0 Å². The van der Waals surface area contributed by atoms with Gasteiger partial charge in [0, 0.05) is 18.6 Å². The number of hydrogen-bond acceptors (Lipinski definition) is 3. The molecule has 6 heteroatoms. The zero-order valence-electron chi connectivity index (χ0n) is 12.5. The quantitative estimate of drug-likeness (QED) is 0.850. The van der Waals surface area contributed by atoms with Gasteiger partial charge in [-0.15, -0.1) is 0 Å². The third-order valence-electron chi connectivity index (χ3n) is 4.49. The minimum atomic E-state index is -0.889. The molecule has 0 aromatic rings. The van der Waals surface area contributed by atoms with Crippen LogP contribution in [0.25, 0.3) is 0 Å². The predicted molar refractivity (Wildman–Crippen MR) is 73.5 cm³/mol. The summed E-state index contributed by atoms with van der Waals surface area (Å²) in [6.07, 6.45) is 1.99. The fourth-order valence-corrected chi connectivity index (χ4v) is 3.21. The number of carbonyl (C=O) groups is 2. The molecule has 2 aliphatic rings. The van der Waals surface area contributed by atoms with Crippen LogP contribution in [-0.4, -0.2) is 64.8 Å². The first-order chi connectivity index (χ1) is 9.38. The van der Waals surface area contributed by atoms with Gasteiger partial charge in [-0.1, -0.05) is 0 Å². The van der Waals surface area contributed by atoms with Crippen molar-refractivity contribution < 1.29 is 19.4 Å². The Morgan fingerprint density at radius 3 is 2.60 bits per heavy atom. The van der Waals surface area contributed by atoms with E-state index in [0.717, 1.165) is 19.4 Å². The molecule has 0 aromatic carbocycles. The van der Waals surface area contributed by atoms with Crippen molar-refractivity contribution in [1.29, 1.82) is 0 Å². The molecule has 2 aliphatic heterocycles. The lowest BCUT2D eigenvalue weighted by molar-refractivity contribution is -0.142. The van der Waals surface area contributed by atoms with E-state index >= 15 is 0 Å². The highest BCUT2D eigenvalue weighted by molar-refractivity contribution is 5.78. The summed E-state index contributed by atoms with van der Waals surface area (Å²) >= 11 is 0. The van der Waals surface area contributed by atoms with Gasteiger partial charge in [0.2, 0.25) is 0 Å². The summed E-state index contributed by atoms with van der Waals surface area (Å²) in [5, 5.41) is 9.25. The number of carboxylic acid groups (broad SMARTS) is 1. The summed E-state index contributed by atoms with van der Waals surface area (Å²) in [6, 6.07) is -0.418. The Morgan fingerprint density at radius 2 is 2.10 bits per heavy atom. The molecule has 0 bridgehead atoms. The van der Waals surface area contributed by atoms with E-state index < -0.39 is 11.9 Å². The van der Waals surface area contributed by atoms with E-state index in [1.165, 1.54) is 0 Å². The molecule has 0 radical (unpaired) electrons. The van der Waals surface area contributed by atoms with Crippen molar-refractivity contribution >= 4 is 12.0 Å². The summed E-state index contributed by atoms with van der Waals surface area (Å²) in [4.78, 5) is 27.6. The summed E-state index contributed by atoms with van der Waals surface area (Å²) in [5.41, 5.74) is -0.150. The molecule has 20 heavy (non-hydrogen) atoms. The van der Waals surface area contributed by atoms with Gasteiger partial charge in [0.05, 0.1) is 19.3 Å². The minimum absolute atomic E-state index is 0.0586. The lowest BCUT2D eigenvalue weighted by Gasteiger charge is -2.38. The van der Waals surface area contributed by atoms with Crippen LogP contribution in [-0.2, 0) is 9.53 Å². The predicted octanol–water partition coefficient (Wildman–Crippen LogP) is 1.40. The first-order valence-electron chi connectivity index (χ1n) is 7.27. The van der Waals surface area contributed by atoms with E-state index in [-0.39, 0.29) is 24.2 Å². The topological polar surface area (TPSA) is 70.1 Å². The summed E-state index contributed by atoms with van der Waals surface area (Å²) < 4.78 is 5.29. The molecular weight excluding hydrogens is 260 g/mol. The first-order valence-corrected chi connectivity index (χ1v) is 7.27. The largest absolute Gasteiger partial charge is 0.481 e. The van der Waals surface area contributed by atoms with Crippen molar-refractivity contribution in [1.82, 2.24) is 9.80 Å². The Morgan fingerprint density at radius 1 is 1.40 bits per heavy atom. The first kappa shape index (κ1) is 15.1. The van der Waals surface area contributed by atoms with Crippen molar-refractivity contribution in [2.24, 2.45) is 5.92 Å². The average Bonchev–Trinajstić information content (AvgIpc) is 2.96. The molecule has 1 N–H and O–H groups in total. The van der Waals surface area contributed by atoms with Crippen LogP contribution in [0.3, 0.4) is 0 Å². The molecule has 6 nitrogen and oxygen atoms in total. The monoisotopic (exact) mass is 284 g/mol. The van der Waals surface area contributed by atoms with E-state index in [1.54, 1.807) is 4.90 Å². The van der Waals surface area contributed by atoms with Crippen molar-refractivity contribution in [3.63, 3.8) is 0 Å². The number of urea groups is 1. The molecule has 114 valence electrons. The number of likely N-dealkylation sites (tertiary alicyclic amines) is 1. The van der Waals surface area contributed by atoms with Crippen LogP contribution in [0, 0.1) is 5.92 Å². The molecular formula is C14H24N2O4. The highest BCUT2D eigenvalue weighted by atomic mass is 16.5. The number of aliphatic carboxylic acids is 1. The lowest BCUT2D eigenvalue weighted by atomic mass is 10.0. The van der Waals surface area contributed by atoms with Crippen LogP contribution in [0.5, 0.6) is 0 Å². The van der Waals surface area contributed by atoms with Gasteiger partial charge in [0.1, 0.15) is 5.92 Å². The molecule has 0 spiro atoms. The molecule has 2 saturated heterocycles. The Kier molecular flexibility index (Phi) is 4.22. The minimum Gasteiger partial charge on any atom is -0.481 e. The van der Waals surface area contributed by atoms with Crippen LogP contribution < -0.4 is 0 Å². The van der Waals surface area contributed by atoms with Crippen molar-refractivity contribution in [3.8, 4) is 0 Å². The number of nitrogens with zero attached hydrogens (tertiary/aromatic N) is 2. The Hall–Kier alpha value is -1.30. The van der Waals surface area contributed by atoms with Crippen molar-refractivity contribution in [3.05, 3.63) is 0 Å². The van der Waals surface area contributed by atoms with Gasteiger partial charge in [-0.2, -0.15) is 0 Å². The normalized spacial score (nSPS) is 28.6. The summed E-state index contributed by atoms with van der Waals surface area (Å²) in [7, 11) is 0. The fourth-order valence-electron chi connectivity index (χ4n) is 3.21. The van der Waals surface area contributed by atoms with Gasteiger partial charge in [0.25, 0.3) is 0 Å². The highest BCUT2D eigenvalue weighted by Crippen LogP contribution is 2.31. The van der Waals surface area contributed by atoms with E-state index in [0.29, 0.717) is 13.2 Å². The number of carbonyl (C=O) groups excluding carboxylic acids is 1. The maximum Gasteiger partial charge on any atom is 0.320 e. The molecule has 2 atom stereocenters. The van der Waals surface area contributed by atoms with Crippen molar-refractivity contribution in [2.75, 3.05) is 26.3 Å². The molecule has 0 aromatic heterocycles. The van der Waals surface area contributed by atoms with Gasteiger partial charge in [-0.05, 0) is 33.6 Å². The molecule has 2 rings (SSSR count). The molecule has 2 unspecified atom stereocenters. The average molecular weight is 284 g/mol. The fraction of sp³-hybridized carbons (Fsp3) is 0.857. The van der Waals surface area contributed by atoms with E-state index in [4.69, 9.17) is 4.74 Å². The second-order valence-corrected chi connectivity index (χ2v) is 6.19. The number of likely N-dealkylation sites (N-methyl/N-ethyl adjacent to an activating group) is 1. The number of hydrogen-bond donors (Lipinski definition) is 1. The second kappa shape index (κ2) is 5.60. The SMILES string of the molecule is CCN(C(=O)N1CCCC1(C)C)C1COCC1C(=O)O. The van der Waals surface area contributed by atoms with Gasteiger partial charge in [-0.25, -0.2) is 4.79 Å². The van der Waals surface area contributed by atoms with Gasteiger partial charge < -0.3 is 19.6 Å². The Balaban J connectivity index is 2.15. The third-order valence-corrected chi connectivity index (χ3v) is 4.49. The summed E-state index contributed by atoms with van der Waals surface area (Å²) in [5.74, 6) is -1.51. The number of amides is 2. The maximum absolute atomic E-state index is 12.8. The third kappa shape index (κ3) is 2.61. The van der Waals surface area contributed by atoms with E-state index in [2.05, 4.69) is 13.8 Å².